The van der Waals surface area contributed by atoms with Crippen molar-refractivity contribution in [2.75, 3.05) is 0 Å². The zero-order chi connectivity index (χ0) is 16.7. The molecule has 6 nitrogen and oxygen atoms in total. The lowest BCUT2D eigenvalue weighted by Crippen LogP contribution is -2.07. The number of fused-ring (bicyclic) bond motifs is 1. The maximum atomic E-state index is 13.4. The van der Waals surface area contributed by atoms with Crippen LogP contribution in [0.1, 0.15) is 11.5 Å². The molecule has 4 heterocycles. The van der Waals surface area contributed by atoms with Crippen molar-refractivity contribution in [3.63, 3.8) is 0 Å². The molecule has 4 rings (SSSR count). The van der Waals surface area contributed by atoms with Crippen molar-refractivity contribution >= 4 is 11.2 Å². The number of imidazole rings is 2. The Kier molecular flexibility index (Phi) is 3.34. The molecule has 0 spiro atoms. The molecule has 0 aromatic carbocycles. The molecule has 0 radical (unpaired) electrons. The van der Waals surface area contributed by atoms with E-state index < -0.39 is 5.95 Å². The van der Waals surface area contributed by atoms with Crippen molar-refractivity contribution in [2.45, 2.75) is 13.5 Å². The molecule has 0 saturated carbocycles. The van der Waals surface area contributed by atoms with E-state index >= 15 is 0 Å². The van der Waals surface area contributed by atoms with Gasteiger partial charge in [-0.05, 0) is 31.2 Å². The summed E-state index contributed by atoms with van der Waals surface area (Å²) in [6.07, 6.45) is 3.51. The summed E-state index contributed by atoms with van der Waals surface area (Å²) in [5.41, 5.74) is 3.14. The van der Waals surface area contributed by atoms with Crippen LogP contribution in [0.5, 0.6) is 0 Å². The van der Waals surface area contributed by atoms with Gasteiger partial charge in [-0.1, -0.05) is 6.07 Å². The van der Waals surface area contributed by atoms with Crippen LogP contribution in [-0.2, 0) is 13.6 Å². The standard InChI is InChI=1S/C17H15FN6/c1-11-6-7-13-17(20-11)23(2)15(22-13)10-24-9-8-19-16(24)12-4-3-5-14(18)21-12/h3-9H,10H2,1-2H3. The van der Waals surface area contributed by atoms with Gasteiger partial charge < -0.3 is 9.13 Å². The Hall–Kier alpha value is -3.09. The zero-order valence-corrected chi connectivity index (χ0v) is 13.3. The van der Waals surface area contributed by atoms with Crippen molar-refractivity contribution in [3.8, 4) is 11.5 Å². The minimum Gasteiger partial charge on any atom is -0.322 e. The summed E-state index contributed by atoms with van der Waals surface area (Å²) in [5.74, 6) is 0.925. The summed E-state index contributed by atoms with van der Waals surface area (Å²) in [4.78, 5) is 17.4. The minimum atomic E-state index is -0.524. The lowest BCUT2D eigenvalue weighted by atomic mass is 10.3. The second kappa shape index (κ2) is 5.52. The number of nitrogens with zero attached hydrogens (tertiary/aromatic N) is 6. The van der Waals surface area contributed by atoms with Crippen molar-refractivity contribution in [3.05, 3.63) is 60.2 Å². The SMILES string of the molecule is Cc1ccc2nc(Cn3ccnc3-c3cccc(F)n3)n(C)c2n1. The van der Waals surface area contributed by atoms with Crippen LogP contribution < -0.4 is 0 Å². The second-order valence-electron chi connectivity index (χ2n) is 5.61. The third-order valence-corrected chi connectivity index (χ3v) is 3.92. The van der Waals surface area contributed by atoms with Crippen LogP contribution in [-0.4, -0.2) is 29.1 Å². The molecule has 0 atom stereocenters. The second-order valence-corrected chi connectivity index (χ2v) is 5.61. The Morgan fingerprint density at radius 1 is 1.08 bits per heavy atom. The number of aryl methyl sites for hydroxylation is 2. The summed E-state index contributed by atoms with van der Waals surface area (Å²) in [6, 6.07) is 8.58. The number of pyridine rings is 2. The molecule has 0 aliphatic rings. The van der Waals surface area contributed by atoms with Gasteiger partial charge in [-0.25, -0.2) is 19.9 Å². The molecule has 0 aliphatic carbocycles. The van der Waals surface area contributed by atoms with Crippen LogP contribution in [0, 0.1) is 12.9 Å². The van der Waals surface area contributed by atoms with E-state index in [2.05, 4.69) is 19.9 Å². The molecule has 0 amide bonds. The number of rotatable bonds is 3. The predicted octanol–water partition coefficient (Wildman–Crippen LogP) is 2.72. The average Bonchev–Trinajstić information content (AvgIpc) is 3.14. The number of hydrogen-bond donors (Lipinski definition) is 0. The molecule has 0 saturated heterocycles. The van der Waals surface area contributed by atoms with Crippen LogP contribution >= 0.6 is 0 Å². The van der Waals surface area contributed by atoms with E-state index in [1.165, 1.54) is 6.07 Å². The zero-order valence-electron chi connectivity index (χ0n) is 13.3. The van der Waals surface area contributed by atoms with Gasteiger partial charge in [0, 0.05) is 25.1 Å². The van der Waals surface area contributed by atoms with E-state index in [0.29, 0.717) is 18.1 Å². The quantitative estimate of drug-likeness (QED) is 0.544. The van der Waals surface area contributed by atoms with Gasteiger partial charge in [0.15, 0.2) is 11.5 Å². The van der Waals surface area contributed by atoms with Gasteiger partial charge >= 0.3 is 0 Å². The van der Waals surface area contributed by atoms with Crippen LogP contribution in [0.25, 0.3) is 22.7 Å². The molecule has 0 N–H and O–H groups in total. The van der Waals surface area contributed by atoms with Gasteiger partial charge in [-0.3, -0.25) is 0 Å². The first kappa shape index (κ1) is 14.5. The fraction of sp³-hybridized carbons (Fsp3) is 0.176. The van der Waals surface area contributed by atoms with Gasteiger partial charge in [0.1, 0.15) is 17.0 Å². The lowest BCUT2D eigenvalue weighted by molar-refractivity contribution is 0.584. The van der Waals surface area contributed by atoms with Crippen molar-refractivity contribution in [1.82, 2.24) is 29.1 Å². The highest BCUT2D eigenvalue weighted by Gasteiger charge is 2.13. The Morgan fingerprint density at radius 2 is 1.96 bits per heavy atom. The largest absolute Gasteiger partial charge is 0.322 e. The summed E-state index contributed by atoms with van der Waals surface area (Å²) in [7, 11) is 1.94. The first-order chi connectivity index (χ1) is 11.6. The Bertz CT molecular complexity index is 1030. The van der Waals surface area contributed by atoms with Gasteiger partial charge in [-0.15, -0.1) is 0 Å². The normalized spacial score (nSPS) is 11.3. The Balaban J connectivity index is 1.75. The lowest BCUT2D eigenvalue weighted by Gasteiger charge is -2.07. The average molecular weight is 322 g/mol. The van der Waals surface area contributed by atoms with Crippen molar-refractivity contribution in [2.24, 2.45) is 7.05 Å². The van der Waals surface area contributed by atoms with E-state index in [-0.39, 0.29) is 0 Å². The molecule has 0 aliphatic heterocycles. The van der Waals surface area contributed by atoms with E-state index in [1.807, 2.05) is 41.4 Å². The topological polar surface area (TPSA) is 61.4 Å². The van der Waals surface area contributed by atoms with Gasteiger partial charge in [0.2, 0.25) is 5.95 Å². The molecule has 4 aromatic rings. The number of halogens is 1. The van der Waals surface area contributed by atoms with Crippen LogP contribution in [0.4, 0.5) is 4.39 Å². The predicted molar refractivity (Wildman–Crippen MR) is 87.8 cm³/mol. The summed E-state index contributed by atoms with van der Waals surface area (Å²) in [6.45, 7) is 2.45. The molecule has 24 heavy (non-hydrogen) atoms. The first-order valence-corrected chi connectivity index (χ1v) is 7.55. The highest BCUT2D eigenvalue weighted by atomic mass is 19.1. The summed E-state index contributed by atoms with van der Waals surface area (Å²) >= 11 is 0. The molecule has 0 bridgehead atoms. The van der Waals surface area contributed by atoms with Crippen molar-refractivity contribution in [1.29, 1.82) is 0 Å². The van der Waals surface area contributed by atoms with Gasteiger partial charge in [-0.2, -0.15) is 4.39 Å². The molecule has 0 fully saturated rings. The maximum Gasteiger partial charge on any atom is 0.213 e. The van der Waals surface area contributed by atoms with Crippen molar-refractivity contribution < 1.29 is 4.39 Å². The first-order valence-electron chi connectivity index (χ1n) is 7.55. The van der Waals surface area contributed by atoms with Crippen LogP contribution in [0.3, 0.4) is 0 Å². The van der Waals surface area contributed by atoms with Crippen LogP contribution in [0.15, 0.2) is 42.7 Å². The van der Waals surface area contributed by atoms with Crippen LogP contribution in [0.2, 0.25) is 0 Å². The summed E-state index contributed by atoms with van der Waals surface area (Å²) in [5, 5.41) is 0. The fourth-order valence-electron chi connectivity index (χ4n) is 2.70. The van der Waals surface area contributed by atoms with Gasteiger partial charge in [0.25, 0.3) is 0 Å². The Morgan fingerprint density at radius 3 is 2.79 bits per heavy atom. The van der Waals surface area contributed by atoms with Gasteiger partial charge in [0.05, 0.1) is 6.54 Å². The molecular formula is C17H15FN6. The highest BCUT2D eigenvalue weighted by Crippen LogP contribution is 2.18. The van der Waals surface area contributed by atoms with E-state index in [1.54, 1.807) is 18.3 Å². The third kappa shape index (κ3) is 2.44. The fourth-order valence-corrected chi connectivity index (χ4v) is 2.70. The monoisotopic (exact) mass is 322 g/mol. The molecule has 0 unspecified atom stereocenters. The third-order valence-electron chi connectivity index (χ3n) is 3.92. The summed E-state index contributed by atoms with van der Waals surface area (Å²) < 4.78 is 17.2. The molecule has 120 valence electrons. The Labute approximate surface area is 137 Å². The molecule has 7 heteroatoms. The van der Waals surface area contributed by atoms with E-state index in [0.717, 1.165) is 22.7 Å². The minimum absolute atomic E-state index is 0.493. The number of aromatic nitrogens is 6. The van der Waals surface area contributed by atoms with E-state index in [4.69, 9.17) is 0 Å². The smallest absolute Gasteiger partial charge is 0.213 e. The number of hydrogen-bond acceptors (Lipinski definition) is 4. The molecule has 4 aromatic heterocycles. The maximum absolute atomic E-state index is 13.4. The molecular weight excluding hydrogens is 307 g/mol. The van der Waals surface area contributed by atoms with E-state index in [9.17, 15) is 4.39 Å². The highest BCUT2D eigenvalue weighted by molar-refractivity contribution is 5.71.